The SMILES string of the molecule is CN(CCn1ccnc1)CC1(O)CCOCC1. The molecule has 0 bridgehead atoms. The average molecular weight is 239 g/mol. The van der Waals surface area contributed by atoms with Gasteiger partial charge in [-0.1, -0.05) is 0 Å². The highest BCUT2D eigenvalue weighted by Gasteiger charge is 2.30. The summed E-state index contributed by atoms with van der Waals surface area (Å²) in [4.78, 5) is 6.18. The van der Waals surface area contributed by atoms with E-state index in [-0.39, 0.29) is 0 Å². The average Bonchev–Trinajstić information content (AvgIpc) is 2.79. The Bertz CT molecular complexity index is 321. The second kappa shape index (κ2) is 5.62. The van der Waals surface area contributed by atoms with Crippen LogP contribution in [0.5, 0.6) is 0 Å². The Morgan fingerprint density at radius 2 is 2.24 bits per heavy atom. The fourth-order valence-electron chi connectivity index (χ4n) is 2.20. The zero-order valence-corrected chi connectivity index (χ0v) is 10.4. The molecule has 2 heterocycles. The Morgan fingerprint density at radius 3 is 2.88 bits per heavy atom. The molecule has 0 radical (unpaired) electrons. The fourth-order valence-corrected chi connectivity index (χ4v) is 2.20. The van der Waals surface area contributed by atoms with Gasteiger partial charge in [-0.15, -0.1) is 0 Å². The summed E-state index contributed by atoms with van der Waals surface area (Å²) in [5.41, 5.74) is -0.568. The molecule has 0 spiro atoms. The predicted octanol–water partition coefficient (Wildman–Crippen LogP) is 0.356. The molecule has 0 aromatic carbocycles. The molecule has 0 aliphatic carbocycles. The van der Waals surface area contributed by atoms with Crippen LogP contribution >= 0.6 is 0 Å². The number of nitrogens with zero attached hydrogens (tertiary/aromatic N) is 3. The molecule has 5 heteroatoms. The van der Waals surface area contributed by atoms with E-state index in [9.17, 15) is 5.11 Å². The summed E-state index contributed by atoms with van der Waals surface area (Å²) in [6, 6.07) is 0. The Kier molecular flexibility index (Phi) is 4.15. The van der Waals surface area contributed by atoms with Crippen LogP contribution < -0.4 is 0 Å². The lowest BCUT2D eigenvalue weighted by atomic mass is 9.94. The quantitative estimate of drug-likeness (QED) is 0.806. The normalized spacial score (nSPS) is 19.7. The van der Waals surface area contributed by atoms with Crippen molar-refractivity contribution in [3.63, 3.8) is 0 Å². The largest absolute Gasteiger partial charge is 0.388 e. The Balaban J connectivity index is 1.74. The van der Waals surface area contributed by atoms with Crippen molar-refractivity contribution in [2.75, 3.05) is 33.4 Å². The van der Waals surface area contributed by atoms with E-state index in [1.807, 2.05) is 24.1 Å². The molecule has 1 N–H and O–H groups in total. The van der Waals surface area contributed by atoms with Crippen LogP contribution in [-0.4, -0.2) is 58.5 Å². The van der Waals surface area contributed by atoms with Crippen molar-refractivity contribution in [3.05, 3.63) is 18.7 Å². The van der Waals surface area contributed by atoms with E-state index < -0.39 is 5.60 Å². The van der Waals surface area contributed by atoms with Gasteiger partial charge >= 0.3 is 0 Å². The van der Waals surface area contributed by atoms with Crippen LogP contribution in [-0.2, 0) is 11.3 Å². The van der Waals surface area contributed by atoms with Gasteiger partial charge in [-0.25, -0.2) is 4.98 Å². The van der Waals surface area contributed by atoms with Gasteiger partial charge in [0.05, 0.1) is 11.9 Å². The molecule has 0 saturated carbocycles. The molecule has 5 nitrogen and oxygen atoms in total. The highest BCUT2D eigenvalue weighted by molar-refractivity contribution is 4.84. The first-order chi connectivity index (χ1) is 8.18. The summed E-state index contributed by atoms with van der Waals surface area (Å²) in [6.07, 6.45) is 7.03. The van der Waals surface area contributed by atoms with Crippen LogP contribution in [0.3, 0.4) is 0 Å². The first-order valence-electron chi connectivity index (χ1n) is 6.12. The van der Waals surface area contributed by atoms with E-state index in [1.54, 1.807) is 6.20 Å². The van der Waals surface area contributed by atoms with E-state index in [4.69, 9.17) is 4.74 Å². The smallest absolute Gasteiger partial charge is 0.0946 e. The number of rotatable bonds is 5. The van der Waals surface area contributed by atoms with Gasteiger partial charge < -0.3 is 19.3 Å². The number of hydrogen-bond donors (Lipinski definition) is 1. The first-order valence-corrected chi connectivity index (χ1v) is 6.12. The summed E-state index contributed by atoms with van der Waals surface area (Å²) in [5, 5.41) is 10.4. The third kappa shape index (κ3) is 3.80. The molecule has 2 rings (SSSR count). The minimum atomic E-state index is -0.568. The summed E-state index contributed by atoms with van der Waals surface area (Å²) in [6.45, 7) is 3.88. The lowest BCUT2D eigenvalue weighted by molar-refractivity contribution is -0.0770. The second-order valence-electron chi connectivity index (χ2n) is 4.88. The molecular weight excluding hydrogens is 218 g/mol. The van der Waals surface area contributed by atoms with Gasteiger partial charge in [0.2, 0.25) is 0 Å². The third-order valence-electron chi connectivity index (χ3n) is 3.29. The van der Waals surface area contributed by atoms with Crippen LogP contribution in [0.25, 0.3) is 0 Å². The van der Waals surface area contributed by atoms with E-state index >= 15 is 0 Å². The lowest BCUT2D eigenvalue weighted by Gasteiger charge is -2.35. The zero-order valence-electron chi connectivity index (χ0n) is 10.4. The summed E-state index contributed by atoms with van der Waals surface area (Å²) >= 11 is 0. The van der Waals surface area contributed by atoms with E-state index in [0.29, 0.717) is 19.8 Å². The standard InChI is InChI=1S/C12H21N3O2/c1-14(6-7-15-5-4-13-11-15)10-12(16)2-8-17-9-3-12/h4-5,11,16H,2-3,6-10H2,1H3. The molecule has 0 amide bonds. The lowest BCUT2D eigenvalue weighted by Crippen LogP contribution is -2.46. The van der Waals surface area contributed by atoms with Crippen LogP contribution in [0.15, 0.2) is 18.7 Å². The minimum Gasteiger partial charge on any atom is -0.388 e. The highest BCUT2D eigenvalue weighted by atomic mass is 16.5. The molecule has 1 aliphatic rings. The molecule has 0 atom stereocenters. The Hall–Kier alpha value is -0.910. The van der Waals surface area contributed by atoms with Crippen LogP contribution in [0, 0.1) is 0 Å². The monoisotopic (exact) mass is 239 g/mol. The van der Waals surface area contributed by atoms with Crippen LogP contribution in [0.4, 0.5) is 0 Å². The second-order valence-corrected chi connectivity index (χ2v) is 4.88. The van der Waals surface area contributed by atoms with Crippen molar-refractivity contribution in [1.82, 2.24) is 14.5 Å². The number of imidazole rings is 1. The summed E-state index contributed by atoms with van der Waals surface area (Å²) < 4.78 is 7.32. The van der Waals surface area contributed by atoms with Gasteiger partial charge in [-0.05, 0) is 7.05 Å². The Labute approximate surface area is 102 Å². The van der Waals surface area contributed by atoms with Gasteiger partial charge in [0.25, 0.3) is 0 Å². The zero-order chi connectivity index (χ0) is 12.1. The maximum atomic E-state index is 10.4. The molecule has 0 unspecified atom stereocenters. The van der Waals surface area contributed by atoms with Crippen molar-refractivity contribution < 1.29 is 9.84 Å². The molecule has 1 aromatic rings. The number of likely N-dealkylation sites (N-methyl/N-ethyl adjacent to an activating group) is 1. The molecule has 1 aliphatic heterocycles. The van der Waals surface area contributed by atoms with Crippen molar-refractivity contribution in [2.45, 2.75) is 25.0 Å². The van der Waals surface area contributed by atoms with Crippen LogP contribution in [0.1, 0.15) is 12.8 Å². The van der Waals surface area contributed by atoms with Gasteiger partial charge in [-0.2, -0.15) is 0 Å². The van der Waals surface area contributed by atoms with Crippen LogP contribution in [0.2, 0.25) is 0 Å². The maximum Gasteiger partial charge on any atom is 0.0946 e. The molecule has 1 saturated heterocycles. The van der Waals surface area contributed by atoms with Gasteiger partial charge in [0, 0.05) is 58.1 Å². The molecule has 1 aromatic heterocycles. The van der Waals surface area contributed by atoms with E-state index in [2.05, 4.69) is 9.88 Å². The van der Waals surface area contributed by atoms with E-state index in [0.717, 1.165) is 25.9 Å². The number of ether oxygens (including phenoxy) is 1. The Morgan fingerprint density at radius 1 is 1.47 bits per heavy atom. The van der Waals surface area contributed by atoms with Crippen molar-refractivity contribution in [1.29, 1.82) is 0 Å². The van der Waals surface area contributed by atoms with Gasteiger partial charge in [-0.3, -0.25) is 0 Å². The molecule has 1 fully saturated rings. The van der Waals surface area contributed by atoms with E-state index in [1.165, 1.54) is 0 Å². The highest BCUT2D eigenvalue weighted by Crippen LogP contribution is 2.21. The predicted molar refractivity (Wildman–Crippen MR) is 64.7 cm³/mol. The molecular formula is C12H21N3O2. The first kappa shape index (κ1) is 12.5. The topological polar surface area (TPSA) is 50.5 Å². The van der Waals surface area contributed by atoms with Crippen molar-refractivity contribution >= 4 is 0 Å². The maximum absolute atomic E-state index is 10.4. The molecule has 17 heavy (non-hydrogen) atoms. The summed E-state index contributed by atoms with van der Waals surface area (Å²) in [7, 11) is 2.05. The summed E-state index contributed by atoms with van der Waals surface area (Å²) in [5.74, 6) is 0. The molecule has 96 valence electrons. The van der Waals surface area contributed by atoms with Gasteiger partial charge in [0.15, 0.2) is 0 Å². The van der Waals surface area contributed by atoms with Crippen molar-refractivity contribution in [2.24, 2.45) is 0 Å². The third-order valence-corrected chi connectivity index (χ3v) is 3.29. The number of hydrogen-bond acceptors (Lipinski definition) is 4. The minimum absolute atomic E-state index is 0.568. The van der Waals surface area contributed by atoms with Crippen molar-refractivity contribution in [3.8, 4) is 0 Å². The fraction of sp³-hybridized carbons (Fsp3) is 0.750. The number of aromatic nitrogens is 2. The van der Waals surface area contributed by atoms with Gasteiger partial charge in [0.1, 0.15) is 0 Å². The number of aliphatic hydroxyl groups is 1.